The number of nitrogens with one attached hydrogen (secondary N) is 1. The Kier molecular flexibility index (Phi) is 7.17. The highest BCUT2D eigenvalue weighted by Gasteiger charge is 2.25. The van der Waals surface area contributed by atoms with E-state index in [-0.39, 0.29) is 11.4 Å². The summed E-state index contributed by atoms with van der Waals surface area (Å²) in [5.74, 6) is 0.625. The summed E-state index contributed by atoms with van der Waals surface area (Å²) in [6.45, 7) is 3.77. The van der Waals surface area contributed by atoms with Crippen LogP contribution in [0.5, 0.6) is 5.75 Å². The van der Waals surface area contributed by atoms with Gasteiger partial charge in [-0.3, -0.25) is 0 Å². The van der Waals surface area contributed by atoms with E-state index >= 15 is 0 Å². The smallest absolute Gasteiger partial charge is 0.240 e. The van der Waals surface area contributed by atoms with Gasteiger partial charge in [-0.1, -0.05) is 36.4 Å². The SMILES string of the molecule is COc1ccc(S(=O)(=O)NCc2cccc(-c3cccc(C[N+]4(C)CCCCC4)c3)c2)cc1. The van der Waals surface area contributed by atoms with Gasteiger partial charge in [0.25, 0.3) is 0 Å². The van der Waals surface area contributed by atoms with Gasteiger partial charge in [0, 0.05) is 12.1 Å². The number of piperidine rings is 1. The molecular weight excluding hydrogens is 432 g/mol. The van der Waals surface area contributed by atoms with Crippen LogP contribution in [0.2, 0.25) is 0 Å². The normalized spacial score (nSPS) is 15.8. The van der Waals surface area contributed by atoms with Crippen LogP contribution in [0.4, 0.5) is 0 Å². The molecule has 0 amide bonds. The largest absolute Gasteiger partial charge is 0.497 e. The summed E-state index contributed by atoms with van der Waals surface area (Å²) in [7, 11) is 0.319. The monoisotopic (exact) mass is 465 g/mol. The quantitative estimate of drug-likeness (QED) is 0.478. The molecule has 1 aliphatic rings. The fraction of sp³-hybridized carbons (Fsp3) is 0.333. The van der Waals surface area contributed by atoms with Gasteiger partial charge in [0.1, 0.15) is 12.3 Å². The van der Waals surface area contributed by atoms with Gasteiger partial charge in [0.2, 0.25) is 10.0 Å². The molecule has 5 nitrogen and oxygen atoms in total. The Bertz CT molecular complexity index is 1180. The van der Waals surface area contributed by atoms with Gasteiger partial charge >= 0.3 is 0 Å². The maximum Gasteiger partial charge on any atom is 0.240 e. The van der Waals surface area contributed by atoms with Crippen LogP contribution in [0.15, 0.2) is 77.7 Å². The fourth-order valence-electron chi connectivity index (χ4n) is 4.60. The van der Waals surface area contributed by atoms with E-state index in [1.165, 1.54) is 37.9 Å². The molecule has 33 heavy (non-hydrogen) atoms. The van der Waals surface area contributed by atoms with Crippen molar-refractivity contribution in [3.63, 3.8) is 0 Å². The molecule has 0 atom stereocenters. The molecule has 0 aromatic heterocycles. The molecule has 1 N–H and O–H groups in total. The van der Waals surface area contributed by atoms with Gasteiger partial charge in [0.05, 0.1) is 32.1 Å². The third kappa shape index (κ3) is 6.02. The topological polar surface area (TPSA) is 55.4 Å². The van der Waals surface area contributed by atoms with E-state index in [1.807, 2.05) is 12.1 Å². The Hall–Kier alpha value is -2.67. The second-order valence-electron chi connectivity index (χ2n) is 9.19. The minimum atomic E-state index is -3.60. The number of ether oxygens (including phenoxy) is 1. The highest BCUT2D eigenvalue weighted by Crippen LogP contribution is 2.25. The van der Waals surface area contributed by atoms with Crippen LogP contribution in [0, 0.1) is 0 Å². The molecule has 1 saturated heterocycles. The molecule has 1 aliphatic heterocycles. The maximum absolute atomic E-state index is 12.7. The van der Waals surface area contributed by atoms with E-state index in [0.717, 1.165) is 27.7 Å². The van der Waals surface area contributed by atoms with Crippen molar-refractivity contribution in [2.45, 2.75) is 37.2 Å². The van der Waals surface area contributed by atoms with Crippen LogP contribution < -0.4 is 9.46 Å². The molecule has 0 aliphatic carbocycles. The predicted octanol–water partition coefficient (Wildman–Crippen LogP) is 4.97. The first-order valence-electron chi connectivity index (χ1n) is 11.5. The second-order valence-corrected chi connectivity index (χ2v) is 11.0. The molecular formula is C27H33N2O3S+. The first kappa shape index (κ1) is 23.5. The Morgan fingerprint density at radius 2 is 1.45 bits per heavy atom. The number of quaternary nitrogens is 1. The van der Waals surface area contributed by atoms with Crippen LogP contribution in [-0.4, -0.2) is 40.1 Å². The Balaban J connectivity index is 1.46. The summed E-state index contributed by atoms with van der Waals surface area (Å²) in [5.41, 5.74) is 4.53. The van der Waals surface area contributed by atoms with Crippen molar-refractivity contribution in [1.82, 2.24) is 4.72 Å². The van der Waals surface area contributed by atoms with Crippen molar-refractivity contribution < 1.29 is 17.6 Å². The molecule has 0 unspecified atom stereocenters. The van der Waals surface area contributed by atoms with E-state index in [0.29, 0.717) is 5.75 Å². The lowest BCUT2D eigenvalue weighted by atomic mass is 10.00. The van der Waals surface area contributed by atoms with Gasteiger partial charge in [-0.2, -0.15) is 0 Å². The van der Waals surface area contributed by atoms with Crippen molar-refractivity contribution in [3.8, 4) is 16.9 Å². The number of hydrogen-bond acceptors (Lipinski definition) is 3. The van der Waals surface area contributed by atoms with E-state index in [9.17, 15) is 8.42 Å². The predicted molar refractivity (Wildman–Crippen MR) is 132 cm³/mol. The van der Waals surface area contributed by atoms with Crippen molar-refractivity contribution in [1.29, 1.82) is 0 Å². The molecule has 174 valence electrons. The molecule has 0 saturated carbocycles. The molecule has 4 rings (SSSR count). The highest BCUT2D eigenvalue weighted by molar-refractivity contribution is 7.89. The highest BCUT2D eigenvalue weighted by atomic mass is 32.2. The second kappa shape index (κ2) is 10.1. The lowest BCUT2D eigenvalue weighted by molar-refractivity contribution is -0.926. The zero-order chi connectivity index (χ0) is 23.3. The summed E-state index contributed by atoms with van der Waals surface area (Å²) >= 11 is 0. The van der Waals surface area contributed by atoms with Gasteiger partial charge in [0.15, 0.2) is 0 Å². The maximum atomic E-state index is 12.7. The molecule has 0 radical (unpaired) electrons. The summed E-state index contributed by atoms with van der Waals surface area (Å²) in [6, 6.07) is 23.2. The van der Waals surface area contributed by atoms with Gasteiger partial charge in [-0.05, 0) is 72.4 Å². The van der Waals surface area contributed by atoms with Crippen molar-refractivity contribution >= 4 is 10.0 Å². The number of nitrogens with zero attached hydrogens (tertiary/aromatic N) is 1. The third-order valence-corrected chi connectivity index (χ3v) is 7.90. The first-order chi connectivity index (χ1) is 15.9. The van der Waals surface area contributed by atoms with Gasteiger partial charge in [-0.25, -0.2) is 13.1 Å². The van der Waals surface area contributed by atoms with E-state index in [4.69, 9.17) is 4.74 Å². The number of hydrogen-bond donors (Lipinski definition) is 1. The fourth-order valence-corrected chi connectivity index (χ4v) is 5.62. The van der Waals surface area contributed by atoms with Gasteiger partial charge < -0.3 is 9.22 Å². The number of likely N-dealkylation sites (tertiary alicyclic amines) is 1. The average molecular weight is 466 g/mol. The van der Waals surface area contributed by atoms with Crippen molar-refractivity contribution in [2.75, 3.05) is 27.2 Å². The third-order valence-electron chi connectivity index (χ3n) is 6.48. The van der Waals surface area contributed by atoms with Crippen molar-refractivity contribution in [2.24, 2.45) is 0 Å². The van der Waals surface area contributed by atoms with Crippen LogP contribution in [0.3, 0.4) is 0 Å². The minimum absolute atomic E-state index is 0.224. The summed E-state index contributed by atoms with van der Waals surface area (Å²) in [6.07, 6.45) is 3.97. The van der Waals surface area contributed by atoms with E-state index < -0.39 is 10.0 Å². The van der Waals surface area contributed by atoms with Crippen LogP contribution in [-0.2, 0) is 23.1 Å². The van der Waals surface area contributed by atoms with Crippen molar-refractivity contribution in [3.05, 3.63) is 83.9 Å². The Labute approximate surface area is 197 Å². The minimum Gasteiger partial charge on any atom is -0.497 e. The molecule has 0 spiro atoms. The molecule has 3 aromatic carbocycles. The average Bonchev–Trinajstić information content (AvgIpc) is 2.83. The zero-order valence-electron chi connectivity index (χ0n) is 19.5. The standard InChI is InChI=1S/C27H33N2O3S/c1-29(16-4-3-5-17-29)21-23-9-7-11-25(19-23)24-10-6-8-22(18-24)20-28-33(30,31)27-14-12-26(32-2)13-15-27/h6-15,18-19,28H,3-5,16-17,20-21H2,1-2H3/q+1. The van der Waals surface area contributed by atoms with E-state index in [2.05, 4.69) is 48.2 Å². The van der Waals surface area contributed by atoms with Gasteiger partial charge in [-0.15, -0.1) is 0 Å². The number of methoxy groups -OCH3 is 1. The number of rotatable bonds is 8. The molecule has 6 heteroatoms. The van der Waals surface area contributed by atoms with E-state index in [1.54, 1.807) is 31.4 Å². The Morgan fingerprint density at radius 3 is 2.09 bits per heavy atom. The summed E-state index contributed by atoms with van der Waals surface area (Å²) in [5, 5.41) is 0. The van der Waals surface area contributed by atoms with Crippen LogP contribution in [0.1, 0.15) is 30.4 Å². The molecule has 3 aromatic rings. The lowest BCUT2D eigenvalue weighted by Crippen LogP contribution is -2.46. The zero-order valence-corrected chi connectivity index (χ0v) is 20.3. The number of benzene rings is 3. The Morgan fingerprint density at radius 1 is 0.848 bits per heavy atom. The summed E-state index contributed by atoms with van der Waals surface area (Å²) < 4.78 is 34.3. The lowest BCUT2D eigenvalue weighted by Gasteiger charge is -2.38. The summed E-state index contributed by atoms with van der Waals surface area (Å²) in [4.78, 5) is 0.224. The first-order valence-corrected chi connectivity index (χ1v) is 13.0. The molecule has 1 heterocycles. The van der Waals surface area contributed by atoms with Crippen LogP contribution in [0.25, 0.3) is 11.1 Å². The van der Waals surface area contributed by atoms with Crippen LogP contribution >= 0.6 is 0 Å². The molecule has 1 fully saturated rings. The number of sulfonamides is 1. The molecule has 0 bridgehead atoms.